The monoisotopic (exact) mass is 532 g/mol. The summed E-state index contributed by atoms with van der Waals surface area (Å²) in [5.41, 5.74) is 2.02. The zero-order valence-corrected chi connectivity index (χ0v) is 21.7. The summed E-state index contributed by atoms with van der Waals surface area (Å²) in [5.74, 6) is -0.414. The van der Waals surface area contributed by atoms with Gasteiger partial charge in [0.2, 0.25) is 11.8 Å². The predicted molar refractivity (Wildman–Crippen MR) is 142 cm³/mol. The zero-order chi connectivity index (χ0) is 25.2. The second-order valence-electron chi connectivity index (χ2n) is 7.91. The number of hydrogen-bond donors (Lipinski definition) is 1. The van der Waals surface area contributed by atoms with Crippen molar-refractivity contribution in [3.63, 3.8) is 0 Å². The minimum absolute atomic E-state index is 0.0705. The van der Waals surface area contributed by atoms with E-state index < -0.39 is 6.04 Å². The standard InChI is InChI=1S/C27H27Cl2FN2O2S/c1-2-31-27(34)25(15-19-9-4-3-5-10-19)32(16-21-22(28)12-8-13-23(21)29)26(33)18-35-17-20-11-6-7-14-24(20)30/h3-14,25H,2,15-18H2,1H3,(H,31,34)/t25-/m0/s1. The van der Waals surface area contributed by atoms with Gasteiger partial charge < -0.3 is 10.2 Å². The summed E-state index contributed by atoms with van der Waals surface area (Å²) < 4.78 is 14.0. The molecule has 0 aromatic heterocycles. The summed E-state index contributed by atoms with van der Waals surface area (Å²) in [5, 5.41) is 3.69. The van der Waals surface area contributed by atoms with E-state index in [9.17, 15) is 14.0 Å². The number of thioether (sulfide) groups is 1. The van der Waals surface area contributed by atoms with Gasteiger partial charge in [-0.05, 0) is 36.2 Å². The molecule has 3 aromatic carbocycles. The second-order valence-corrected chi connectivity index (χ2v) is 9.71. The molecule has 3 aromatic rings. The van der Waals surface area contributed by atoms with Crippen molar-refractivity contribution in [3.8, 4) is 0 Å². The van der Waals surface area contributed by atoms with Crippen LogP contribution in [0.4, 0.5) is 4.39 Å². The predicted octanol–water partition coefficient (Wildman–Crippen LogP) is 6.14. The first kappa shape index (κ1) is 27.1. The summed E-state index contributed by atoms with van der Waals surface area (Å²) in [6.07, 6.45) is 0.332. The Bertz CT molecular complexity index is 1130. The molecule has 1 atom stereocenters. The van der Waals surface area contributed by atoms with Crippen LogP contribution in [0.15, 0.2) is 72.8 Å². The summed E-state index contributed by atoms with van der Waals surface area (Å²) in [4.78, 5) is 28.2. The molecule has 0 fully saturated rings. The first-order valence-electron chi connectivity index (χ1n) is 11.3. The first-order chi connectivity index (χ1) is 16.9. The van der Waals surface area contributed by atoms with Crippen molar-refractivity contribution in [1.82, 2.24) is 10.2 Å². The van der Waals surface area contributed by atoms with Crippen LogP contribution in [0.2, 0.25) is 10.0 Å². The molecule has 4 nitrogen and oxygen atoms in total. The van der Waals surface area contributed by atoms with Gasteiger partial charge in [0.1, 0.15) is 11.9 Å². The number of rotatable bonds is 11. The lowest BCUT2D eigenvalue weighted by atomic mass is 10.0. The van der Waals surface area contributed by atoms with Crippen molar-refractivity contribution in [2.45, 2.75) is 31.7 Å². The molecule has 0 spiro atoms. The molecular weight excluding hydrogens is 506 g/mol. The molecule has 8 heteroatoms. The van der Waals surface area contributed by atoms with Crippen LogP contribution in [0.3, 0.4) is 0 Å². The van der Waals surface area contributed by atoms with Crippen LogP contribution in [-0.2, 0) is 28.3 Å². The molecule has 0 aliphatic heterocycles. The van der Waals surface area contributed by atoms with Gasteiger partial charge in [-0.1, -0.05) is 77.8 Å². The maximum Gasteiger partial charge on any atom is 0.243 e. The molecule has 0 aliphatic carbocycles. The van der Waals surface area contributed by atoms with Gasteiger partial charge in [-0.3, -0.25) is 9.59 Å². The molecule has 0 aliphatic rings. The lowest BCUT2D eigenvalue weighted by molar-refractivity contribution is -0.139. The summed E-state index contributed by atoms with van der Waals surface area (Å²) in [6, 6.07) is 20.4. The van der Waals surface area contributed by atoms with E-state index in [4.69, 9.17) is 23.2 Å². The number of benzene rings is 3. The molecule has 0 unspecified atom stereocenters. The largest absolute Gasteiger partial charge is 0.355 e. The minimum atomic E-state index is -0.772. The molecule has 1 N–H and O–H groups in total. The van der Waals surface area contributed by atoms with Crippen LogP contribution in [-0.4, -0.2) is 35.1 Å². The molecule has 0 bridgehead atoms. The lowest BCUT2D eigenvalue weighted by Gasteiger charge is -2.32. The van der Waals surface area contributed by atoms with E-state index in [-0.39, 0.29) is 29.9 Å². The van der Waals surface area contributed by atoms with Crippen molar-refractivity contribution in [2.24, 2.45) is 0 Å². The van der Waals surface area contributed by atoms with Crippen LogP contribution in [0.25, 0.3) is 0 Å². The number of likely N-dealkylation sites (N-methyl/N-ethyl adjacent to an activating group) is 1. The van der Waals surface area contributed by atoms with Gasteiger partial charge in [0.15, 0.2) is 0 Å². The Morgan fingerprint density at radius 1 is 0.971 bits per heavy atom. The average Bonchev–Trinajstić information content (AvgIpc) is 2.85. The highest BCUT2D eigenvalue weighted by molar-refractivity contribution is 7.99. The Labute approximate surface area is 219 Å². The van der Waals surface area contributed by atoms with E-state index in [2.05, 4.69) is 5.32 Å². The molecule has 0 heterocycles. The topological polar surface area (TPSA) is 49.4 Å². The average molecular weight is 533 g/mol. The van der Waals surface area contributed by atoms with Crippen LogP contribution < -0.4 is 5.32 Å². The molecule has 184 valence electrons. The fourth-order valence-electron chi connectivity index (χ4n) is 3.65. The van der Waals surface area contributed by atoms with Gasteiger partial charge in [0, 0.05) is 40.9 Å². The van der Waals surface area contributed by atoms with Crippen molar-refractivity contribution in [1.29, 1.82) is 0 Å². The van der Waals surface area contributed by atoms with E-state index in [0.29, 0.717) is 39.9 Å². The highest BCUT2D eigenvalue weighted by Crippen LogP contribution is 2.28. The number of nitrogens with one attached hydrogen (secondary N) is 1. The van der Waals surface area contributed by atoms with Gasteiger partial charge in [-0.15, -0.1) is 11.8 Å². The van der Waals surface area contributed by atoms with Gasteiger partial charge in [0.05, 0.1) is 5.75 Å². The van der Waals surface area contributed by atoms with Crippen molar-refractivity contribution < 1.29 is 14.0 Å². The fraction of sp³-hybridized carbons (Fsp3) is 0.259. The minimum Gasteiger partial charge on any atom is -0.355 e. The fourth-order valence-corrected chi connectivity index (χ4v) is 5.06. The van der Waals surface area contributed by atoms with Gasteiger partial charge in [-0.25, -0.2) is 4.39 Å². The Kier molecular flexibility index (Phi) is 10.5. The maximum absolute atomic E-state index is 14.0. The molecule has 3 rings (SSSR count). The van der Waals surface area contributed by atoms with Crippen LogP contribution in [0.1, 0.15) is 23.6 Å². The number of halogens is 3. The van der Waals surface area contributed by atoms with Crippen LogP contribution in [0, 0.1) is 5.82 Å². The summed E-state index contributed by atoms with van der Waals surface area (Å²) in [6.45, 7) is 2.34. The van der Waals surface area contributed by atoms with E-state index in [0.717, 1.165) is 5.56 Å². The summed E-state index contributed by atoms with van der Waals surface area (Å²) >= 11 is 14.1. The molecule has 2 amide bonds. The van der Waals surface area contributed by atoms with Crippen LogP contribution >= 0.6 is 35.0 Å². The third kappa shape index (κ3) is 7.72. The Morgan fingerprint density at radius 3 is 2.29 bits per heavy atom. The molecule has 35 heavy (non-hydrogen) atoms. The first-order valence-corrected chi connectivity index (χ1v) is 13.2. The van der Waals surface area contributed by atoms with E-state index in [1.807, 2.05) is 37.3 Å². The number of carbonyl (C=O) groups is 2. The van der Waals surface area contributed by atoms with Gasteiger partial charge in [0.25, 0.3) is 0 Å². The maximum atomic E-state index is 14.0. The number of hydrogen-bond acceptors (Lipinski definition) is 3. The number of carbonyl (C=O) groups excluding carboxylic acids is 2. The van der Waals surface area contributed by atoms with Gasteiger partial charge >= 0.3 is 0 Å². The second kappa shape index (κ2) is 13.5. The summed E-state index contributed by atoms with van der Waals surface area (Å²) in [7, 11) is 0. The highest BCUT2D eigenvalue weighted by atomic mass is 35.5. The Hall–Kier alpha value is -2.54. The van der Waals surface area contributed by atoms with E-state index >= 15 is 0 Å². The van der Waals surface area contributed by atoms with E-state index in [1.54, 1.807) is 36.4 Å². The molecular formula is C27H27Cl2FN2O2S. The molecule has 0 saturated carbocycles. The third-order valence-corrected chi connectivity index (χ3v) is 7.13. The SMILES string of the molecule is CCNC(=O)[C@H](Cc1ccccc1)N(Cc1c(Cl)cccc1Cl)C(=O)CSCc1ccccc1F. The number of amides is 2. The van der Waals surface area contributed by atoms with Crippen molar-refractivity contribution >= 4 is 46.8 Å². The van der Waals surface area contributed by atoms with Crippen molar-refractivity contribution in [2.75, 3.05) is 12.3 Å². The normalized spacial score (nSPS) is 11.7. The zero-order valence-electron chi connectivity index (χ0n) is 19.3. The smallest absolute Gasteiger partial charge is 0.243 e. The Balaban J connectivity index is 1.88. The third-order valence-electron chi connectivity index (χ3n) is 5.45. The Morgan fingerprint density at radius 2 is 1.63 bits per heavy atom. The molecule has 0 saturated heterocycles. The lowest BCUT2D eigenvalue weighted by Crippen LogP contribution is -2.51. The van der Waals surface area contributed by atoms with Crippen LogP contribution in [0.5, 0.6) is 0 Å². The number of nitrogens with zero attached hydrogens (tertiary/aromatic N) is 1. The van der Waals surface area contributed by atoms with Crippen molar-refractivity contribution in [3.05, 3.63) is 105 Å². The highest BCUT2D eigenvalue weighted by Gasteiger charge is 2.31. The van der Waals surface area contributed by atoms with E-state index in [1.165, 1.54) is 22.7 Å². The van der Waals surface area contributed by atoms with Gasteiger partial charge in [-0.2, -0.15) is 0 Å². The quantitative estimate of drug-likeness (QED) is 0.322. The molecule has 0 radical (unpaired) electrons.